The van der Waals surface area contributed by atoms with E-state index in [9.17, 15) is 9.59 Å². The van der Waals surface area contributed by atoms with Gasteiger partial charge in [0.05, 0.1) is 0 Å². The first-order valence-electron chi connectivity index (χ1n) is 5.94. The van der Waals surface area contributed by atoms with E-state index < -0.39 is 12.0 Å². The van der Waals surface area contributed by atoms with Gasteiger partial charge in [-0.2, -0.15) is 0 Å². The molecule has 1 saturated carbocycles. The maximum absolute atomic E-state index is 11.8. The maximum Gasteiger partial charge on any atom is 0.326 e. The second-order valence-corrected chi connectivity index (χ2v) is 4.54. The topological polar surface area (TPSA) is 92.4 Å². The van der Waals surface area contributed by atoms with Crippen LogP contribution in [0.25, 0.3) is 0 Å². The lowest BCUT2D eigenvalue weighted by molar-refractivity contribution is -0.142. The van der Waals surface area contributed by atoms with Crippen molar-refractivity contribution in [2.75, 3.05) is 0 Å². The van der Waals surface area contributed by atoms with E-state index in [1.54, 1.807) is 0 Å². The Balaban J connectivity index is 2.46. The summed E-state index contributed by atoms with van der Waals surface area (Å²) in [6.07, 6.45) is 4.89. The van der Waals surface area contributed by atoms with E-state index in [0.717, 1.165) is 25.7 Å². The molecular formula is C12H20N2O3. The zero-order chi connectivity index (χ0) is 12.8. The third-order valence-electron chi connectivity index (χ3n) is 3.16. The smallest absolute Gasteiger partial charge is 0.326 e. The number of carbonyl (C=O) groups is 2. The van der Waals surface area contributed by atoms with Gasteiger partial charge in [-0.05, 0) is 32.1 Å². The highest BCUT2D eigenvalue weighted by Gasteiger charge is 2.27. The predicted octanol–water partition coefficient (Wildman–Crippen LogP) is 0.649. The molecule has 1 aliphatic carbocycles. The molecule has 0 aromatic carbocycles. The van der Waals surface area contributed by atoms with E-state index in [2.05, 4.69) is 11.9 Å². The fraction of sp³-hybridized carbons (Fsp3) is 0.667. The first-order chi connectivity index (χ1) is 8.04. The van der Waals surface area contributed by atoms with Gasteiger partial charge in [0.1, 0.15) is 6.04 Å². The van der Waals surface area contributed by atoms with Crippen molar-refractivity contribution < 1.29 is 14.7 Å². The molecule has 4 N–H and O–H groups in total. The molecule has 0 radical (unpaired) electrons. The number of nitrogens with one attached hydrogen (secondary N) is 1. The van der Waals surface area contributed by atoms with E-state index in [0.29, 0.717) is 0 Å². The molecule has 0 aromatic heterocycles. The van der Waals surface area contributed by atoms with Gasteiger partial charge in [-0.1, -0.05) is 6.08 Å². The van der Waals surface area contributed by atoms with Crippen LogP contribution < -0.4 is 11.1 Å². The monoisotopic (exact) mass is 240 g/mol. The second-order valence-electron chi connectivity index (χ2n) is 4.54. The number of amides is 1. The molecule has 1 aliphatic rings. The van der Waals surface area contributed by atoms with Crippen LogP contribution in [0, 0.1) is 5.92 Å². The van der Waals surface area contributed by atoms with E-state index >= 15 is 0 Å². The summed E-state index contributed by atoms with van der Waals surface area (Å²) in [6.45, 7) is 3.48. The van der Waals surface area contributed by atoms with Crippen LogP contribution >= 0.6 is 0 Å². The molecule has 17 heavy (non-hydrogen) atoms. The molecule has 0 spiro atoms. The molecule has 0 aliphatic heterocycles. The van der Waals surface area contributed by atoms with Crippen molar-refractivity contribution in [2.24, 2.45) is 11.7 Å². The number of hydrogen-bond acceptors (Lipinski definition) is 3. The van der Waals surface area contributed by atoms with Crippen LogP contribution in [0.2, 0.25) is 0 Å². The lowest BCUT2D eigenvalue weighted by atomic mass is 9.86. The molecular weight excluding hydrogens is 220 g/mol. The van der Waals surface area contributed by atoms with Crippen molar-refractivity contribution in [2.45, 2.75) is 44.2 Å². The molecule has 1 atom stereocenters. The molecule has 0 aromatic rings. The van der Waals surface area contributed by atoms with E-state index in [1.165, 1.54) is 6.08 Å². The van der Waals surface area contributed by atoms with Crippen molar-refractivity contribution in [3.05, 3.63) is 12.7 Å². The van der Waals surface area contributed by atoms with Crippen molar-refractivity contribution in [3.8, 4) is 0 Å². The Hall–Kier alpha value is -1.36. The van der Waals surface area contributed by atoms with Crippen molar-refractivity contribution in [1.82, 2.24) is 5.32 Å². The molecule has 5 heteroatoms. The lowest BCUT2D eigenvalue weighted by Crippen LogP contribution is -2.44. The van der Waals surface area contributed by atoms with Gasteiger partial charge < -0.3 is 16.2 Å². The fourth-order valence-electron chi connectivity index (χ4n) is 2.06. The highest BCUT2D eigenvalue weighted by molar-refractivity contribution is 5.85. The average Bonchev–Trinajstić information content (AvgIpc) is 2.29. The number of carboxylic acids is 1. The normalized spacial score (nSPS) is 25.9. The van der Waals surface area contributed by atoms with Gasteiger partial charge >= 0.3 is 5.97 Å². The minimum atomic E-state index is -1.02. The Morgan fingerprint density at radius 1 is 1.41 bits per heavy atom. The quantitative estimate of drug-likeness (QED) is 0.615. The molecule has 0 heterocycles. The minimum Gasteiger partial charge on any atom is -0.480 e. The Morgan fingerprint density at radius 2 is 2.00 bits per heavy atom. The van der Waals surface area contributed by atoms with Gasteiger partial charge in [0, 0.05) is 12.0 Å². The molecule has 1 unspecified atom stereocenters. The van der Waals surface area contributed by atoms with Gasteiger partial charge in [-0.3, -0.25) is 4.79 Å². The Kier molecular flexibility index (Phi) is 5.15. The second kappa shape index (κ2) is 6.39. The highest BCUT2D eigenvalue weighted by Crippen LogP contribution is 2.23. The zero-order valence-corrected chi connectivity index (χ0v) is 9.89. The van der Waals surface area contributed by atoms with Crippen LogP contribution in [0.4, 0.5) is 0 Å². The summed E-state index contributed by atoms with van der Waals surface area (Å²) in [6, 6.07) is -0.682. The van der Waals surface area contributed by atoms with Crippen LogP contribution in [-0.4, -0.2) is 29.1 Å². The number of carboxylic acid groups (broad SMARTS) is 1. The molecule has 1 fully saturated rings. The largest absolute Gasteiger partial charge is 0.480 e. The molecule has 5 nitrogen and oxygen atoms in total. The Labute approximate surface area is 101 Å². The van der Waals surface area contributed by atoms with E-state index in [4.69, 9.17) is 10.8 Å². The molecule has 1 rings (SSSR count). The fourth-order valence-corrected chi connectivity index (χ4v) is 2.06. The van der Waals surface area contributed by atoms with Crippen molar-refractivity contribution >= 4 is 11.9 Å². The molecule has 1 amide bonds. The Bertz CT molecular complexity index is 296. The third kappa shape index (κ3) is 4.19. The van der Waals surface area contributed by atoms with Crippen molar-refractivity contribution in [1.29, 1.82) is 0 Å². The molecule has 0 saturated heterocycles. The summed E-state index contributed by atoms with van der Waals surface area (Å²) >= 11 is 0. The van der Waals surface area contributed by atoms with E-state index in [1.807, 2.05) is 0 Å². The lowest BCUT2D eigenvalue weighted by Gasteiger charge is -2.26. The number of aliphatic carboxylic acids is 1. The van der Waals surface area contributed by atoms with Gasteiger partial charge in [0.2, 0.25) is 5.91 Å². The average molecular weight is 240 g/mol. The molecule has 96 valence electrons. The standard InChI is InChI=1S/C12H20N2O3/c1-2-3-10(12(16)17)14-11(15)8-4-6-9(13)7-5-8/h2,8-10H,1,3-7,13H2,(H,14,15)(H,16,17). The summed E-state index contributed by atoms with van der Waals surface area (Å²) in [5.74, 6) is -1.29. The van der Waals surface area contributed by atoms with Gasteiger partial charge in [-0.25, -0.2) is 4.79 Å². The van der Waals surface area contributed by atoms with Gasteiger partial charge in [0.15, 0.2) is 0 Å². The van der Waals surface area contributed by atoms with Crippen LogP contribution in [-0.2, 0) is 9.59 Å². The summed E-state index contributed by atoms with van der Waals surface area (Å²) in [4.78, 5) is 22.7. The summed E-state index contributed by atoms with van der Waals surface area (Å²) in [5.41, 5.74) is 5.76. The van der Waals surface area contributed by atoms with Crippen LogP contribution in [0.5, 0.6) is 0 Å². The highest BCUT2D eigenvalue weighted by atomic mass is 16.4. The summed E-state index contributed by atoms with van der Waals surface area (Å²) in [5, 5.41) is 11.5. The SMILES string of the molecule is C=CCC(NC(=O)C1CCC(N)CC1)C(=O)O. The minimum absolute atomic E-state index is 0.0959. The summed E-state index contributed by atoms with van der Waals surface area (Å²) < 4.78 is 0. The van der Waals surface area contributed by atoms with Crippen LogP contribution in [0.15, 0.2) is 12.7 Å². The number of carbonyl (C=O) groups excluding carboxylic acids is 1. The first kappa shape index (κ1) is 13.7. The van der Waals surface area contributed by atoms with Crippen molar-refractivity contribution in [3.63, 3.8) is 0 Å². The first-order valence-corrected chi connectivity index (χ1v) is 5.94. The van der Waals surface area contributed by atoms with Gasteiger partial charge in [-0.15, -0.1) is 6.58 Å². The number of nitrogens with two attached hydrogens (primary N) is 1. The predicted molar refractivity (Wildman–Crippen MR) is 64.3 cm³/mol. The number of hydrogen-bond donors (Lipinski definition) is 3. The van der Waals surface area contributed by atoms with Crippen LogP contribution in [0.1, 0.15) is 32.1 Å². The Morgan fingerprint density at radius 3 is 2.47 bits per heavy atom. The maximum atomic E-state index is 11.8. The molecule has 0 bridgehead atoms. The van der Waals surface area contributed by atoms with Gasteiger partial charge in [0.25, 0.3) is 0 Å². The zero-order valence-electron chi connectivity index (χ0n) is 9.89. The number of rotatable bonds is 5. The van der Waals surface area contributed by atoms with E-state index in [-0.39, 0.29) is 24.3 Å². The summed E-state index contributed by atoms with van der Waals surface area (Å²) in [7, 11) is 0. The van der Waals surface area contributed by atoms with Crippen LogP contribution in [0.3, 0.4) is 0 Å². The third-order valence-corrected chi connectivity index (χ3v) is 3.16.